The van der Waals surface area contributed by atoms with Gasteiger partial charge >= 0.3 is 5.97 Å². The number of carbonyl (C=O) groups is 3. The lowest BCUT2D eigenvalue weighted by Crippen LogP contribution is -2.46. The number of piperazine rings is 1. The molecular weight excluding hydrogens is 536 g/mol. The standard InChI is InChI=1S/C29H38N4O6.ClH/c34-27(30-21-29(36)37)8-5-19-39-26-7-2-1-6-25(26)33-16-14-32(15-17-33)13-3-4-18-38-23-11-9-22-10-12-28(35)31-24(22)20-23;/h1-2,6-7,9,11,20H,3-5,8,10,12-19,21H2,(H,30,34)(H,31,35)(H,36,37);1H. The molecule has 40 heavy (non-hydrogen) atoms. The molecule has 0 spiro atoms. The van der Waals surface area contributed by atoms with Crippen LogP contribution in [0.1, 0.15) is 37.7 Å². The minimum Gasteiger partial charge on any atom is -0.494 e. The normalized spacial score (nSPS) is 14.9. The third kappa shape index (κ3) is 9.60. The van der Waals surface area contributed by atoms with Crippen molar-refractivity contribution in [3.8, 4) is 11.5 Å². The highest BCUT2D eigenvalue weighted by Gasteiger charge is 2.20. The molecular formula is C29H39ClN4O6. The Balaban J connectivity index is 0.00000441. The van der Waals surface area contributed by atoms with Crippen molar-refractivity contribution in [2.24, 2.45) is 0 Å². The molecule has 2 aliphatic rings. The van der Waals surface area contributed by atoms with E-state index >= 15 is 0 Å². The lowest BCUT2D eigenvalue weighted by molar-refractivity contribution is -0.138. The number of anilines is 2. The third-order valence-electron chi connectivity index (χ3n) is 6.93. The first-order chi connectivity index (χ1) is 19.0. The van der Waals surface area contributed by atoms with Gasteiger partial charge in [-0.15, -0.1) is 12.4 Å². The van der Waals surface area contributed by atoms with Crippen LogP contribution >= 0.6 is 12.4 Å². The summed E-state index contributed by atoms with van der Waals surface area (Å²) in [6.45, 7) is 5.48. The van der Waals surface area contributed by atoms with Crippen LogP contribution < -0.4 is 25.0 Å². The molecule has 11 heteroatoms. The molecule has 10 nitrogen and oxygen atoms in total. The molecule has 2 aromatic carbocycles. The number of benzene rings is 2. The topological polar surface area (TPSA) is 120 Å². The number of carbonyl (C=O) groups excluding carboxylic acids is 2. The second-order valence-corrected chi connectivity index (χ2v) is 9.84. The Hall–Kier alpha value is -3.50. The molecule has 1 fully saturated rings. The fourth-order valence-corrected chi connectivity index (χ4v) is 4.80. The number of carboxylic acid groups (broad SMARTS) is 1. The van der Waals surface area contributed by atoms with Crippen molar-refractivity contribution in [3.63, 3.8) is 0 Å². The molecule has 3 N–H and O–H groups in total. The number of hydrogen-bond acceptors (Lipinski definition) is 7. The molecule has 4 rings (SSSR count). The van der Waals surface area contributed by atoms with Gasteiger partial charge in [0.15, 0.2) is 0 Å². The maximum absolute atomic E-state index is 11.7. The summed E-state index contributed by atoms with van der Waals surface area (Å²) >= 11 is 0. The van der Waals surface area contributed by atoms with Gasteiger partial charge in [0.05, 0.1) is 18.9 Å². The van der Waals surface area contributed by atoms with E-state index in [1.807, 2.05) is 36.4 Å². The highest BCUT2D eigenvalue weighted by Crippen LogP contribution is 2.29. The van der Waals surface area contributed by atoms with Gasteiger partial charge in [-0.25, -0.2) is 0 Å². The second-order valence-electron chi connectivity index (χ2n) is 9.84. The largest absolute Gasteiger partial charge is 0.494 e. The molecule has 2 aromatic rings. The summed E-state index contributed by atoms with van der Waals surface area (Å²) in [5.74, 6) is 0.322. The van der Waals surface area contributed by atoms with E-state index < -0.39 is 5.97 Å². The number of rotatable bonds is 14. The van der Waals surface area contributed by atoms with Crippen LogP contribution in [0.4, 0.5) is 11.4 Å². The number of hydrogen-bond donors (Lipinski definition) is 3. The smallest absolute Gasteiger partial charge is 0.322 e. The maximum Gasteiger partial charge on any atom is 0.322 e. The van der Waals surface area contributed by atoms with Crippen molar-refractivity contribution in [1.82, 2.24) is 10.2 Å². The first-order valence-electron chi connectivity index (χ1n) is 13.7. The van der Waals surface area contributed by atoms with Crippen LogP contribution in [0.3, 0.4) is 0 Å². The average molecular weight is 575 g/mol. The number of aryl methyl sites for hydroxylation is 1. The number of para-hydroxylation sites is 2. The highest BCUT2D eigenvalue weighted by atomic mass is 35.5. The SMILES string of the molecule is Cl.O=C(O)CNC(=O)CCCOc1ccccc1N1CCN(CCCCOc2ccc3c(c2)NC(=O)CC3)CC1. The lowest BCUT2D eigenvalue weighted by Gasteiger charge is -2.36. The lowest BCUT2D eigenvalue weighted by atomic mass is 10.0. The second kappa shape index (κ2) is 15.9. The number of ether oxygens (including phenoxy) is 2. The molecule has 2 heterocycles. The van der Waals surface area contributed by atoms with Crippen molar-refractivity contribution < 1.29 is 29.0 Å². The van der Waals surface area contributed by atoms with Gasteiger partial charge in [-0.05, 0) is 56.0 Å². The monoisotopic (exact) mass is 574 g/mol. The highest BCUT2D eigenvalue weighted by molar-refractivity contribution is 5.94. The average Bonchev–Trinajstić information content (AvgIpc) is 2.94. The van der Waals surface area contributed by atoms with Crippen LogP contribution in [0.5, 0.6) is 11.5 Å². The number of aliphatic carboxylic acids is 1. The Morgan fingerprint density at radius 2 is 1.73 bits per heavy atom. The Morgan fingerprint density at radius 1 is 0.950 bits per heavy atom. The number of fused-ring (bicyclic) bond motifs is 1. The zero-order valence-corrected chi connectivity index (χ0v) is 23.5. The molecule has 0 atom stereocenters. The van der Waals surface area contributed by atoms with E-state index in [2.05, 4.69) is 26.5 Å². The maximum atomic E-state index is 11.7. The summed E-state index contributed by atoms with van der Waals surface area (Å²) in [6.07, 6.45) is 4.09. The first-order valence-corrected chi connectivity index (χ1v) is 13.7. The van der Waals surface area contributed by atoms with Crippen LogP contribution in [0.15, 0.2) is 42.5 Å². The Labute approximate surface area is 241 Å². The molecule has 0 saturated carbocycles. The number of halogens is 1. The zero-order valence-electron chi connectivity index (χ0n) is 22.7. The van der Waals surface area contributed by atoms with Crippen LogP contribution in [-0.4, -0.2) is 80.3 Å². The van der Waals surface area contributed by atoms with Gasteiger partial charge in [-0.1, -0.05) is 18.2 Å². The van der Waals surface area contributed by atoms with Crippen LogP contribution in [0, 0.1) is 0 Å². The van der Waals surface area contributed by atoms with E-state index in [0.29, 0.717) is 26.1 Å². The van der Waals surface area contributed by atoms with E-state index in [1.165, 1.54) is 0 Å². The molecule has 0 unspecified atom stereocenters. The van der Waals surface area contributed by atoms with E-state index in [4.69, 9.17) is 14.6 Å². The minimum absolute atomic E-state index is 0. The van der Waals surface area contributed by atoms with Crippen LogP contribution in [0.2, 0.25) is 0 Å². The van der Waals surface area contributed by atoms with E-state index in [0.717, 1.165) is 80.4 Å². The predicted molar refractivity (Wildman–Crippen MR) is 156 cm³/mol. The summed E-state index contributed by atoms with van der Waals surface area (Å²) in [6, 6.07) is 13.9. The zero-order chi connectivity index (χ0) is 27.5. The van der Waals surface area contributed by atoms with Crippen molar-refractivity contribution in [2.45, 2.75) is 38.5 Å². The van der Waals surface area contributed by atoms with Gasteiger partial charge in [0.2, 0.25) is 11.8 Å². The van der Waals surface area contributed by atoms with Crippen molar-refractivity contribution >= 4 is 41.6 Å². The van der Waals surface area contributed by atoms with E-state index in [1.54, 1.807) is 0 Å². The number of nitrogens with one attached hydrogen (secondary N) is 2. The van der Waals surface area contributed by atoms with Gasteiger partial charge < -0.3 is 30.1 Å². The molecule has 0 aromatic heterocycles. The van der Waals surface area contributed by atoms with Gasteiger partial charge in [-0.3, -0.25) is 19.3 Å². The van der Waals surface area contributed by atoms with E-state index in [9.17, 15) is 14.4 Å². The summed E-state index contributed by atoms with van der Waals surface area (Å²) in [7, 11) is 0. The van der Waals surface area contributed by atoms with Crippen LogP contribution in [0.25, 0.3) is 0 Å². The quantitative estimate of drug-likeness (QED) is 0.294. The van der Waals surface area contributed by atoms with Gasteiger partial charge in [-0.2, -0.15) is 0 Å². The number of nitrogens with zero attached hydrogens (tertiary/aromatic N) is 2. The summed E-state index contributed by atoms with van der Waals surface area (Å²) in [4.78, 5) is 38.6. The van der Waals surface area contributed by atoms with Crippen molar-refractivity contribution in [1.29, 1.82) is 0 Å². The fourth-order valence-electron chi connectivity index (χ4n) is 4.80. The van der Waals surface area contributed by atoms with Gasteiger partial charge in [0.25, 0.3) is 0 Å². The first kappa shape index (κ1) is 31.0. The molecule has 0 aliphatic carbocycles. The summed E-state index contributed by atoms with van der Waals surface area (Å²) in [5.41, 5.74) is 3.09. The Morgan fingerprint density at radius 3 is 2.52 bits per heavy atom. The number of amides is 2. The summed E-state index contributed by atoms with van der Waals surface area (Å²) in [5, 5.41) is 13.9. The van der Waals surface area contributed by atoms with Gasteiger partial charge in [0, 0.05) is 50.8 Å². The summed E-state index contributed by atoms with van der Waals surface area (Å²) < 4.78 is 11.9. The molecule has 2 aliphatic heterocycles. The van der Waals surface area contributed by atoms with Crippen LogP contribution in [-0.2, 0) is 20.8 Å². The predicted octanol–water partition coefficient (Wildman–Crippen LogP) is 3.33. The Bertz CT molecular complexity index is 1140. The number of carboxylic acids is 1. The molecule has 0 radical (unpaired) electrons. The Kier molecular flexibility index (Phi) is 12.4. The van der Waals surface area contributed by atoms with Crippen molar-refractivity contribution in [2.75, 3.05) is 62.7 Å². The van der Waals surface area contributed by atoms with Crippen molar-refractivity contribution in [3.05, 3.63) is 48.0 Å². The van der Waals surface area contributed by atoms with E-state index in [-0.39, 0.29) is 37.2 Å². The third-order valence-corrected chi connectivity index (χ3v) is 6.93. The van der Waals surface area contributed by atoms with Gasteiger partial charge in [0.1, 0.15) is 18.0 Å². The fraction of sp³-hybridized carbons (Fsp3) is 0.483. The number of unbranched alkanes of at least 4 members (excludes halogenated alkanes) is 1. The molecule has 2 amide bonds. The molecule has 0 bridgehead atoms. The molecule has 218 valence electrons. The minimum atomic E-state index is -1.05. The molecule has 1 saturated heterocycles.